The molecule has 0 spiro atoms. The van der Waals surface area contributed by atoms with Gasteiger partial charge in [-0.25, -0.2) is 4.98 Å². The predicted molar refractivity (Wildman–Crippen MR) is 112 cm³/mol. The van der Waals surface area contributed by atoms with E-state index >= 15 is 0 Å². The molecular formula is C20H20ClN4O2S+. The Labute approximate surface area is 172 Å². The standard InChI is InChI=1S/C20H19ClN4O2S/c1-24(2)10-11-25(19(26)14-6-4-13(12-22)5-7-14)20-23-17-16(27-3)9-8-15(21)18(17)28-20/h4-9H,10-11H2,1-3H3/p+1. The first-order valence-electron chi connectivity index (χ1n) is 8.68. The minimum absolute atomic E-state index is 0.167. The van der Waals surface area contributed by atoms with Gasteiger partial charge in [0.05, 0.1) is 55.6 Å². The molecular weight excluding hydrogens is 396 g/mol. The number of methoxy groups -OCH3 is 1. The predicted octanol–water partition coefficient (Wildman–Crippen LogP) is 2.62. The third kappa shape index (κ3) is 4.09. The number of hydrogen-bond donors (Lipinski definition) is 1. The Morgan fingerprint density at radius 3 is 2.61 bits per heavy atom. The molecule has 0 fully saturated rings. The van der Waals surface area contributed by atoms with Crippen LogP contribution in [-0.4, -0.2) is 45.2 Å². The van der Waals surface area contributed by atoms with Crippen LogP contribution in [0.2, 0.25) is 5.02 Å². The molecule has 0 saturated carbocycles. The molecule has 1 heterocycles. The second-order valence-electron chi connectivity index (χ2n) is 6.53. The Morgan fingerprint density at radius 1 is 1.29 bits per heavy atom. The van der Waals surface area contributed by atoms with Crippen LogP contribution in [0.25, 0.3) is 10.2 Å². The molecule has 1 aromatic heterocycles. The van der Waals surface area contributed by atoms with E-state index in [1.165, 1.54) is 16.2 Å². The van der Waals surface area contributed by atoms with Gasteiger partial charge in [-0.15, -0.1) is 0 Å². The van der Waals surface area contributed by atoms with Crippen LogP contribution in [0.1, 0.15) is 15.9 Å². The molecule has 3 aromatic rings. The van der Waals surface area contributed by atoms with E-state index in [4.69, 9.17) is 21.6 Å². The highest BCUT2D eigenvalue weighted by atomic mass is 35.5. The van der Waals surface area contributed by atoms with E-state index in [0.29, 0.717) is 39.1 Å². The second-order valence-corrected chi connectivity index (χ2v) is 7.91. The van der Waals surface area contributed by atoms with Gasteiger partial charge in [0.25, 0.3) is 5.91 Å². The van der Waals surface area contributed by atoms with Gasteiger partial charge in [-0.2, -0.15) is 5.26 Å². The average Bonchev–Trinajstić information content (AvgIpc) is 3.14. The summed E-state index contributed by atoms with van der Waals surface area (Å²) < 4.78 is 6.17. The molecule has 6 nitrogen and oxygen atoms in total. The number of carbonyl (C=O) groups is 1. The van der Waals surface area contributed by atoms with E-state index in [-0.39, 0.29) is 5.91 Å². The molecule has 144 valence electrons. The second kappa shape index (κ2) is 8.57. The molecule has 0 aliphatic carbocycles. The maximum atomic E-state index is 13.2. The highest BCUT2D eigenvalue weighted by Crippen LogP contribution is 2.38. The van der Waals surface area contributed by atoms with Crippen molar-refractivity contribution < 1.29 is 14.4 Å². The summed E-state index contributed by atoms with van der Waals surface area (Å²) in [5.41, 5.74) is 1.66. The van der Waals surface area contributed by atoms with Gasteiger partial charge in [-0.05, 0) is 36.4 Å². The van der Waals surface area contributed by atoms with Crippen molar-refractivity contribution in [1.82, 2.24) is 4.98 Å². The lowest BCUT2D eigenvalue weighted by Gasteiger charge is -2.20. The molecule has 28 heavy (non-hydrogen) atoms. The monoisotopic (exact) mass is 415 g/mol. The van der Waals surface area contributed by atoms with Crippen LogP contribution in [0.5, 0.6) is 5.75 Å². The number of nitriles is 1. The Kier molecular flexibility index (Phi) is 6.15. The van der Waals surface area contributed by atoms with Gasteiger partial charge in [0.15, 0.2) is 5.13 Å². The fraction of sp³-hybridized carbons (Fsp3) is 0.250. The fourth-order valence-electron chi connectivity index (χ4n) is 2.68. The number of fused-ring (bicyclic) bond motifs is 1. The summed E-state index contributed by atoms with van der Waals surface area (Å²) in [6, 6.07) is 12.2. The van der Waals surface area contributed by atoms with E-state index in [1.54, 1.807) is 48.4 Å². The van der Waals surface area contributed by atoms with Gasteiger partial charge < -0.3 is 9.64 Å². The first-order chi connectivity index (χ1) is 13.4. The quantitative estimate of drug-likeness (QED) is 0.671. The fourth-order valence-corrected chi connectivity index (χ4v) is 3.96. The number of carbonyl (C=O) groups excluding carboxylic acids is 1. The zero-order chi connectivity index (χ0) is 20.3. The number of anilines is 1. The summed E-state index contributed by atoms with van der Waals surface area (Å²) in [7, 11) is 5.64. The highest BCUT2D eigenvalue weighted by Gasteiger charge is 2.24. The van der Waals surface area contributed by atoms with Gasteiger partial charge >= 0.3 is 0 Å². The average molecular weight is 416 g/mol. The van der Waals surface area contributed by atoms with Crippen molar-refractivity contribution >= 4 is 44.2 Å². The number of quaternary nitrogens is 1. The van der Waals surface area contributed by atoms with Gasteiger partial charge in [-0.3, -0.25) is 9.69 Å². The molecule has 3 rings (SSSR count). The number of thiazole rings is 1. The molecule has 0 atom stereocenters. The maximum Gasteiger partial charge on any atom is 0.260 e. The largest absolute Gasteiger partial charge is 0.494 e. The molecule has 0 unspecified atom stereocenters. The number of benzene rings is 2. The minimum atomic E-state index is -0.167. The number of hydrogen-bond acceptors (Lipinski definition) is 5. The lowest BCUT2D eigenvalue weighted by Crippen LogP contribution is -3.06. The van der Waals surface area contributed by atoms with Crippen molar-refractivity contribution in [3.8, 4) is 11.8 Å². The minimum Gasteiger partial charge on any atom is -0.494 e. The number of halogens is 1. The van der Waals surface area contributed by atoms with Gasteiger partial charge in [0.2, 0.25) is 0 Å². The number of aromatic nitrogens is 1. The van der Waals surface area contributed by atoms with Crippen molar-refractivity contribution in [2.75, 3.05) is 39.2 Å². The van der Waals surface area contributed by atoms with Crippen molar-refractivity contribution in [2.24, 2.45) is 0 Å². The first-order valence-corrected chi connectivity index (χ1v) is 9.88. The van der Waals surface area contributed by atoms with Crippen LogP contribution in [-0.2, 0) is 0 Å². The van der Waals surface area contributed by atoms with Gasteiger partial charge in [0, 0.05) is 5.56 Å². The summed E-state index contributed by atoms with van der Waals surface area (Å²) in [6.45, 7) is 1.25. The lowest BCUT2D eigenvalue weighted by molar-refractivity contribution is -0.856. The smallest absolute Gasteiger partial charge is 0.260 e. The number of nitrogens with zero attached hydrogens (tertiary/aromatic N) is 3. The Hall–Kier alpha value is -2.66. The molecule has 0 aliphatic heterocycles. The van der Waals surface area contributed by atoms with Crippen molar-refractivity contribution in [3.63, 3.8) is 0 Å². The molecule has 2 aromatic carbocycles. The molecule has 0 bridgehead atoms. The van der Waals surface area contributed by atoms with E-state index in [2.05, 4.69) is 11.1 Å². The third-order valence-corrected chi connectivity index (χ3v) is 5.78. The summed E-state index contributed by atoms with van der Waals surface area (Å²) >= 11 is 7.70. The Balaban J connectivity index is 2.04. The highest BCUT2D eigenvalue weighted by molar-refractivity contribution is 7.23. The maximum absolute atomic E-state index is 13.2. The Morgan fingerprint density at radius 2 is 2.00 bits per heavy atom. The zero-order valence-corrected chi connectivity index (χ0v) is 17.4. The molecule has 1 N–H and O–H groups in total. The number of likely N-dealkylation sites (N-methyl/N-ethyl adjacent to an activating group) is 1. The van der Waals surface area contributed by atoms with Gasteiger partial charge in [0.1, 0.15) is 11.3 Å². The van der Waals surface area contributed by atoms with E-state index in [0.717, 1.165) is 11.2 Å². The van der Waals surface area contributed by atoms with Crippen molar-refractivity contribution in [3.05, 3.63) is 52.5 Å². The number of rotatable bonds is 6. The van der Waals surface area contributed by atoms with Crippen molar-refractivity contribution in [1.29, 1.82) is 5.26 Å². The van der Waals surface area contributed by atoms with Gasteiger partial charge in [-0.1, -0.05) is 22.9 Å². The van der Waals surface area contributed by atoms with Crippen LogP contribution >= 0.6 is 22.9 Å². The third-order valence-electron chi connectivity index (χ3n) is 4.24. The number of nitrogens with one attached hydrogen (secondary N) is 1. The van der Waals surface area contributed by atoms with E-state index < -0.39 is 0 Å². The Bertz CT molecular complexity index is 1040. The van der Waals surface area contributed by atoms with Crippen LogP contribution < -0.4 is 14.5 Å². The summed E-state index contributed by atoms with van der Waals surface area (Å²) in [4.78, 5) is 20.7. The number of ether oxygens (including phenoxy) is 1. The van der Waals surface area contributed by atoms with Crippen LogP contribution in [0.3, 0.4) is 0 Å². The molecule has 8 heteroatoms. The SMILES string of the molecule is COc1ccc(Cl)c2sc(N(CC[NH+](C)C)C(=O)c3ccc(C#N)cc3)nc12. The van der Waals surface area contributed by atoms with E-state index in [1.807, 2.05) is 14.1 Å². The summed E-state index contributed by atoms with van der Waals surface area (Å²) in [6.07, 6.45) is 0. The molecule has 1 amide bonds. The molecule has 0 aliphatic rings. The molecule has 0 radical (unpaired) electrons. The van der Waals surface area contributed by atoms with Crippen LogP contribution in [0.4, 0.5) is 5.13 Å². The normalized spacial score (nSPS) is 10.9. The van der Waals surface area contributed by atoms with Crippen LogP contribution in [0.15, 0.2) is 36.4 Å². The topological polar surface area (TPSA) is 70.7 Å². The number of amides is 1. The van der Waals surface area contributed by atoms with E-state index in [9.17, 15) is 4.79 Å². The van der Waals surface area contributed by atoms with Crippen LogP contribution in [0, 0.1) is 11.3 Å². The summed E-state index contributed by atoms with van der Waals surface area (Å²) in [5.74, 6) is 0.450. The molecule has 0 saturated heterocycles. The van der Waals surface area contributed by atoms with Crippen molar-refractivity contribution in [2.45, 2.75) is 0 Å². The summed E-state index contributed by atoms with van der Waals surface area (Å²) in [5, 5.41) is 10.1. The zero-order valence-electron chi connectivity index (χ0n) is 15.8. The first kappa shape index (κ1) is 20.1. The lowest BCUT2D eigenvalue weighted by atomic mass is 10.1.